The van der Waals surface area contributed by atoms with Crippen molar-refractivity contribution in [1.82, 2.24) is 0 Å². The zero-order valence-electron chi connectivity index (χ0n) is 18.6. The molecule has 30 heavy (non-hydrogen) atoms. The van der Waals surface area contributed by atoms with E-state index >= 15 is 0 Å². The minimum absolute atomic E-state index is 0.0905. The highest BCUT2D eigenvalue weighted by Gasteiger charge is 2.48. The molecule has 0 aromatic heterocycles. The van der Waals surface area contributed by atoms with Gasteiger partial charge in [-0.05, 0) is 43.1 Å². The van der Waals surface area contributed by atoms with Crippen LogP contribution in [0, 0.1) is 0 Å². The number of ether oxygens (including phenoxy) is 2. The highest BCUT2D eigenvalue weighted by molar-refractivity contribution is 6.74. The molecular weight excluding hydrogens is 400 g/mol. The van der Waals surface area contributed by atoms with Crippen molar-refractivity contribution < 1.29 is 23.5 Å². The van der Waals surface area contributed by atoms with Crippen molar-refractivity contribution in [3.8, 4) is 5.75 Å². The van der Waals surface area contributed by atoms with E-state index in [9.17, 15) is 9.59 Å². The third-order valence-corrected chi connectivity index (χ3v) is 11.4. The Hall–Kier alpha value is -2.06. The van der Waals surface area contributed by atoms with E-state index in [2.05, 4.69) is 33.9 Å². The van der Waals surface area contributed by atoms with Gasteiger partial charge in [-0.3, -0.25) is 9.69 Å². The molecule has 3 aliphatic heterocycles. The van der Waals surface area contributed by atoms with E-state index < -0.39 is 8.32 Å². The Balaban J connectivity index is 1.51. The maximum atomic E-state index is 12.7. The Kier molecular flexibility index (Phi) is 5.34. The van der Waals surface area contributed by atoms with Crippen LogP contribution in [0.4, 0.5) is 16.2 Å². The fourth-order valence-electron chi connectivity index (χ4n) is 3.92. The van der Waals surface area contributed by atoms with Crippen molar-refractivity contribution in [2.45, 2.75) is 70.3 Å². The van der Waals surface area contributed by atoms with Crippen molar-refractivity contribution in [3.05, 3.63) is 18.2 Å². The first-order chi connectivity index (χ1) is 14.1. The molecule has 2 fully saturated rings. The standard InChI is InChI=1S/C22H32N2O5Si/c1-22(2,3)30(4,5)28-14-19-17-13-27-18-12-15(23-11-7-6-8-20(23)25)9-10-16(18)24(17)21(26)29-19/h9-10,12,17,19H,6-8,11,13-14H2,1-5H3/t17-,19-/m0/s1. The first kappa shape index (κ1) is 21.2. The van der Waals surface area contributed by atoms with Gasteiger partial charge in [0, 0.05) is 24.7 Å². The molecule has 0 bridgehead atoms. The van der Waals surface area contributed by atoms with E-state index in [1.165, 1.54) is 0 Å². The summed E-state index contributed by atoms with van der Waals surface area (Å²) in [5.41, 5.74) is 1.52. The lowest BCUT2D eigenvalue weighted by Crippen LogP contribution is -2.48. The number of fused-ring (bicyclic) bond motifs is 3. The summed E-state index contributed by atoms with van der Waals surface area (Å²) in [7, 11) is -1.94. The zero-order valence-corrected chi connectivity index (χ0v) is 19.6. The molecule has 4 rings (SSSR count). The molecule has 2 atom stereocenters. The lowest BCUT2D eigenvalue weighted by molar-refractivity contribution is -0.119. The van der Waals surface area contributed by atoms with Gasteiger partial charge in [0.05, 0.1) is 12.3 Å². The molecule has 8 heteroatoms. The SMILES string of the molecule is CC(C)(C)[Si](C)(C)OC[C@@H]1OC(=O)N2c3ccc(N4CCCCC4=O)cc3OC[C@@H]12. The highest BCUT2D eigenvalue weighted by atomic mass is 28.4. The summed E-state index contributed by atoms with van der Waals surface area (Å²) in [6.07, 6.45) is 1.79. The fourth-order valence-corrected chi connectivity index (χ4v) is 4.93. The third-order valence-electron chi connectivity index (χ3n) is 6.87. The molecule has 0 radical (unpaired) electrons. The normalized spacial score (nSPS) is 24.3. The Bertz CT molecular complexity index is 850. The van der Waals surface area contributed by atoms with Crippen LogP contribution < -0.4 is 14.5 Å². The van der Waals surface area contributed by atoms with Gasteiger partial charge in [0.2, 0.25) is 5.91 Å². The second-order valence-corrected chi connectivity index (χ2v) is 14.7. The number of hydrogen-bond donors (Lipinski definition) is 0. The van der Waals surface area contributed by atoms with Crippen molar-refractivity contribution in [3.63, 3.8) is 0 Å². The van der Waals surface area contributed by atoms with Gasteiger partial charge in [-0.2, -0.15) is 0 Å². The first-order valence-electron chi connectivity index (χ1n) is 10.8. The van der Waals surface area contributed by atoms with Crippen LogP contribution in [0.1, 0.15) is 40.0 Å². The van der Waals surface area contributed by atoms with E-state index in [0.717, 1.165) is 25.1 Å². The molecule has 1 aromatic carbocycles. The van der Waals surface area contributed by atoms with Gasteiger partial charge in [-0.15, -0.1) is 0 Å². The van der Waals surface area contributed by atoms with E-state index in [4.69, 9.17) is 13.9 Å². The van der Waals surface area contributed by atoms with Gasteiger partial charge in [0.25, 0.3) is 0 Å². The molecule has 2 amide bonds. The number of rotatable bonds is 4. The smallest absolute Gasteiger partial charge is 0.415 e. The van der Waals surface area contributed by atoms with Crippen LogP contribution in [0.2, 0.25) is 18.1 Å². The Morgan fingerprint density at radius 2 is 1.97 bits per heavy atom. The molecule has 7 nitrogen and oxygen atoms in total. The summed E-state index contributed by atoms with van der Waals surface area (Å²) in [6, 6.07) is 5.40. The number of nitrogens with zero attached hydrogens (tertiary/aromatic N) is 2. The maximum Gasteiger partial charge on any atom is 0.415 e. The van der Waals surface area contributed by atoms with E-state index in [0.29, 0.717) is 31.1 Å². The van der Waals surface area contributed by atoms with E-state index in [1.54, 1.807) is 9.80 Å². The zero-order chi connectivity index (χ0) is 21.7. The van der Waals surface area contributed by atoms with Gasteiger partial charge in [-0.25, -0.2) is 4.79 Å². The second kappa shape index (κ2) is 7.57. The van der Waals surface area contributed by atoms with Crippen LogP contribution in [-0.4, -0.2) is 52.2 Å². The summed E-state index contributed by atoms with van der Waals surface area (Å²) in [5.74, 6) is 0.753. The summed E-state index contributed by atoms with van der Waals surface area (Å²) >= 11 is 0. The molecule has 1 aromatic rings. The van der Waals surface area contributed by atoms with Crippen LogP contribution in [-0.2, 0) is 14.0 Å². The van der Waals surface area contributed by atoms with Crippen LogP contribution in [0.15, 0.2) is 18.2 Å². The fraction of sp³-hybridized carbons (Fsp3) is 0.636. The molecule has 3 heterocycles. The maximum absolute atomic E-state index is 12.7. The van der Waals surface area contributed by atoms with Crippen LogP contribution >= 0.6 is 0 Å². The number of anilines is 2. The van der Waals surface area contributed by atoms with Gasteiger partial charge >= 0.3 is 6.09 Å². The summed E-state index contributed by atoms with van der Waals surface area (Å²) < 4.78 is 18.0. The van der Waals surface area contributed by atoms with Crippen molar-refractivity contribution >= 4 is 31.7 Å². The molecule has 0 spiro atoms. The predicted molar refractivity (Wildman–Crippen MR) is 118 cm³/mol. The van der Waals surface area contributed by atoms with Crippen LogP contribution in [0.5, 0.6) is 5.75 Å². The molecule has 0 saturated carbocycles. The van der Waals surface area contributed by atoms with E-state index in [1.807, 2.05) is 18.2 Å². The number of amides is 2. The second-order valence-electron chi connectivity index (χ2n) is 9.90. The molecular formula is C22H32N2O5Si. The van der Waals surface area contributed by atoms with Crippen LogP contribution in [0.3, 0.4) is 0 Å². The monoisotopic (exact) mass is 432 g/mol. The van der Waals surface area contributed by atoms with Crippen molar-refractivity contribution in [1.29, 1.82) is 0 Å². The topological polar surface area (TPSA) is 68.3 Å². The highest BCUT2D eigenvalue weighted by Crippen LogP contribution is 2.42. The molecule has 3 aliphatic rings. The Morgan fingerprint density at radius 3 is 2.67 bits per heavy atom. The number of benzene rings is 1. The number of carbonyl (C=O) groups is 2. The first-order valence-corrected chi connectivity index (χ1v) is 13.7. The quantitative estimate of drug-likeness (QED) is 0.663. The number of piperidine rings is 1. The van der Waals surface area contributed by atoms with Gasteiger partial charge in [-0.1, -0.05) is 20.8 Å². The average molecular weight is 433 g/mol. The van der Waals surface area contributed by atoms with Crippen molar-refractivity contribution in [2.24, 2.45) is 0 Å². The molecule has 2 saturated heterocycles. The van der Waals surface area contributed by atoms with Gasteiger partial charge in [0.15, 0.2) is 8.32 Å². The van der Waals surface area contributed by atoms with Gasteiger partial charge < -0.3 is 18.8 Å². The minimum Gasteiger partial charge on any atom is -0.489 e. The lowest BCUT2D eigenvalue weighted by atomic mass is 10.1. The van der Waals surface area contributed by atoms with Crippen LogP contribution in [0.25, 0.3) is 0 Å². The molecule has 164 valence electrons. The van der Waals surface area contributed by atoms with Gasteiger partial charge in [0.1, 0.15) is 24.5 Å². The molecule has 0 aliphatic carbocycles. The Labute approximate surface area is 179 Å². The molecule has 0 unspecified atom stereocenters. The third kappa shape index (κ3) is 3.71. The number of cyclic esters (lactones) is 1. The lowest BCUT2D eigenvalue weighted by Gasteiger charge is -2.37. The summed E-state index contributed by atoms with van der Waals surface area (Å²) in [6.45, 7) is 12.4. The number of hydrogen-bond acceptors (Lipinski definition) is 5. The average Bonchev–Trinajstić information content (AvgIpc) is 3.01. The summed E-state index contributed by atoms with van der Waals surface area (Å²) in [5, 5.41) is 0.0905. The largest absolute Gasteiger partial charge is 0.489 e. The molecule has 0 N–H and O–H groups in total. The number of carbonyl (C=O) groups excluding carboxylic acids is 2. The predicted octanol–water partition coefficient (Wildman–Crippen LogP) is 4.31. The summed E-state index contributed by atoms with van der Waals surface area (Å²) in [4.78, 5) is 28.4. The van der Waals surface area contributed by atoms with E-state index in [-0.39, 0.29) is 29.2 Å². The Morgan fingerprint density at radius 1 is 1.20 bits per heavy atom. The van der Waals surface area contributed by atoms with Crippen molar-refractivity contribution in [2.75, 3.05) is 29.6 Å². The minimum atomic E-state index is -1.94.